The summed E-state index contributed by atoms with van der Waals surface area (Å²) in [7, 11) is 0. The van der Waals surface area contributed by atoms with E-state index in [1.807, 2.05) is 0 Å². The quantitative estimate of drug-likeness (QED) is 0.377. The first-order chi connectivity index (χ1) is 3.31. The Labute approximate surface area is 41.2 Å². The van der Waals surface area contributed by atoms with Crippen LogP contribution in [-0.4, -0.2) is 12.8 Å². The molecule has 0 bridgehead atoms. The van der Waals surface area contributed by atoms with Crippen molar-refractivity contribution < 1.29 is 14.4 Å². The molecule has 0 aliphatic carbocycles. The van der Waals surface area contributed by atoms with Gasteiger partial charge in [-0.05, 0) is 6.92 Å². The molecule has 0 heterocycles. The summed E-state index contributed by atoms with van der Waals surface area (Å²) >= 11 is 0. The third kappa shape index (κ3) is 3.05. The average Bonchev–Trinajstić information content (AvgIpc) is 1.68. The van der Waals surface area contributed by atoms with E-state index in [0.717, 1.165) is 0 Å². The van der Waals surface area contributed by atoms with Crippen LogP contribution in [0.1, 0.15) is 6.92 Å². The van der Waals surface area contributed by atoms with Crippen LogP contribution in [0, 0.1) is 0 Å². The highest BCUT2D eigenvalue weighted by molar-refractivity contribution is 5.59. The van der Waals surface area contributed by atoms with Gasteiger partial charge in [-0.3, -0.25) is 0 Å². The van der Waals surface area contributed by atoms with Crippen molar-refractivity contribution in [3.63, 3.8) is 0 Å². The highest BCUT2D eigenvalue weighted by atomic mass is 16.8. The van der Waals surface area contributed by atoms with Crippen molar-refractivity contribution in [3.05, 3.63) is 0 Å². The molecule has 2 N–H and O–H groups in total. The summed E-state index contributed by atoms with van der Waals surface area (Å²) in [6.45, 7) is 1.95. The largest absolute Gasteiger partial charge is 0.527 e. The lowest BCUT2D eigenvalue weighted by Gasteiger charge is -1.93. The van der Waals surface area contributed by atoms with Gasteiger partial charge in [0, 0.05) is 0 Å². The highest BCUT2D eigenvalue weighted by Crippen LogP contribution is 1.75. The molecule has 0 aromatic heterocycles. The van der Waals surface area contributed by atoms with Crippen LogP contribution in [0.3, 0.4) is 0 Å². The van der Waals surface area contributed by atoms with E-state index in [0.29, 0.717) is 0 Å². The van der Waals surface area contributed by atoms with Crippen molar-refractivity contribution in [2.75, 3.05) is 6.61 Å². The van der Waals surface area contributed by atoms with E-state index in [4.69, 9.17) is 0 Å². The fraction of sp³-hybridized carbons (Fsp3) is 0.667. The monoisotopic (exact) mass is 105 g/mol. The molecule has 4 heteroatoms. The van der Waals surface area contributed by atoms with Crippen LogP contribution in [0.5, 0.6) is 0 Å². The van der Waals surface area contributed by atoms with Gasteiger partial charge in [0.05, 0.1) is 6.61 Å². The maximum Gasteiger partial charge on any atom is 0.527 e. The Morgan fingerprint density at radius 1 is 1.86 bits per heavy atom. The maximum atomic E-state index is 9.84. The Bertz CT molecular complexity index is 63.2. The zero-order valence-electron chi connectivity index (χ0n) is 4.01. The molecule has 7 heavy (non-hydrogen) atoms. The summed E-state index contributed by atoms with van der Waals surface area (Å²) in [5.74, 6) is 4.38. The van der Waals surface area contributed by atoms with Crippen molar-refractivity contribution in [1.82, 2.24) is 0 Å². The number of carbonyl (C=O) groups excluding carboxylic acids is 1. The van der Waals surface area contributed by atoms with Gasteiger partial charge in [-0.2, -0.15) is 5.90 Å². The molecule has 0 aliphatic rings. The zero-order chi connectivity index (χ0) is 5.70. The molecule has 0 unspecified atom stereocenters. The van der Waals surface area contributed by atoms with Crippen LogP contribution >= 0.6 is 0 Å². The minimum atomic E-state index is -0.845. The van der Waals surface area contributed by atoms with Crippen molar-refractivity contribution in [1.29, 1.82) is 0 Å². The summed E-state index contributed by atoms with van der Waals surface area (Å²) in [6.07, 6.45) is -0.845. The lowest BCUT2D eigenvalue weighted by molar-refractivity contribution is 0.0590. The molecule has 0 fully saturated rings. The number of hydrogen-bond donors (Lipinski definition) is 1. The van der Waals surface area contributed by atoms with Gasteiger partial charge >= 0.3 is 6.16 Å². The molecule has 0 rings (SSSR count). The van der Waals surface area contributed by atoms with Crippen LogP contribution in [0.2, 0.25) is 0 Å². The topological polar surface area (TPSA) is 61.5 Å². The van der Waals surface area contributed by atoms with Crippen LogP contribution < -0.4 is 5.90 Å². The Kier molecular flexibility index (Phi) is 3.04. The molecule has 4 nitrogen and oxygen atoms in total. The molecule has 0 aliphatic heterocycles. The Hall–Kier alpha value is -0.770. The molecule has 0 saturated heterocycles. The van der Waals surface area contributed by atoms with Gasteiger partial charge in [0.15, 0.2) is 0 Å². The summed E-state index contributed by atoms with van der Waals surface area (Å²) < 4.78 is 4.20. The molecular weight excluding hydrogens is 98.0 g/mol. The second-order valence-electron chi connectivity index (χ2n) is 0.801. The molecule has 42 valence electrons. The first-order valence-electron chi connectivity index (χ1n) is 1.84. The summed E-state index contributed by atoms with van der Waals surface area (Å²) in [5, 5.41) is 0. The Balaban J connectivity index is 3.00. The first-order valence-corrected chi connectivity index (χ1v) is 1.84. The summed E-state index contributed by atoms with van der Waals surface area (Å²) in [5.41, 5.74) is 0. The predicted molar refractivity (Wildman–Crippen MR) is 22.3 cm³/mol. The Morgan fingerprint density at radius 2 is 2.43 bits per heavy atom. The summed E-state index contributed by atoms with van der Waals surface area (Å²) in [6, 6.07) is 0. The van der Waals surface area contributed by atoms with Crippen LogP contribution in [-0.2, 0) is 9.57 Å². The average molecular weight is 105 g/mol. The van der Waals surface area contributed by atoms with Crippen molar-refractivity contribution in [3.8, 4) is 0 Å². The third-order valence-corrected chi connectivity index (χ3v) is 0.358. The van der Waals surface area contributed by atoms with E-state index < -0.39 is 6.16 Å². The van der Waals surface area contributed by atoms with Gasteiger partial charge in [-0.15, -0.1) is 0 Å². The number of nitrogens with two attached hydrogens (primary N) is 1. The molecule has 0 aromatic rings. The number of ether oxygens (including phenoxy) is 1. The SMILES string of the molecule is CCOC(=O)ON. The molecule has 0 saturated carbocycles. The van der Waals surface area contributed by atoms with Crippen LogP contribution in [0.15, 0.2) is 0 Å². The fourth-order valence-electron chi connectivity index (χ4n) is 0.152. The van der Waals surface area contributed by atoms with Gasteiger partial charge < -0.3 is 9.57 Å². The smallest absolute Gasteiger partial charge is 0.433 e. The number of carbonyl (C=O) groups is 1. The first kappa shape index (κ1) is 6.23. The second kappa shape index (κ2) is 3.42. The maximum absolute atomic E-state index is 9.84. The van der Waals surface area contributed by atoms with Gasteiger partial charge in [0.25, 0.3) is 0 Å². The van der Waals surface area contributed by atoms with E-state index in [9.17, 15) is 4.79 Å². The summed E-state index contributed by atoms with van der Waals surface area (Å²) in [4.78, 5) is 13.5. The van der Waals surface area contributed by atoms with Gasteiger partial charge in [0.1, 0.15) is 0 Å². The van der Waals surface area contributed by atoms with E-state index in [1.54, 1.807) is 6.92 Å². The third-order valence-electron chi connectivity index (χ3n) is 0.358. The van der Waals surface area contributed by atoms with Crippen LogP contribution in [0.25, 0.3) is 0 Å². The molecule has 0 amide bonds. The molecule has 0 atom stereocenters. The number of hydrogen-bond acceptors (Lipinski definition) is 4. The molecule has 0 radical (unpaired) electrons. The van der Waals surface area contributed by atoms with Gasteiger partial charge in [-0.25, -0.2) is 4.79 Å². The second-order valence-corrected chi connectivity index (χ2v) is 0.801. The minimum absolute atomic E-state index is 0.288. The van der Waals surface area contributed by atoms with Gasteiger partial charge in [0.2, 0.25) is 0 Å². The standard InChI is InChI=1S/C3H7NO3/c1-2-6-3(5)7-4/h2,4H2,1H3. The number of rotatable bonds is 1. The fourth-order valence-corrected chi connectivity index (χ4v) is 0.152. The predicted octanol–water partition coefficient (Wildman–Crippen LogP) is 0.0332. The lowest BCUT2D eigenvalue weighted by atomic mass is 10.9. The van der Waals surface area contributed by atoms with Crippen molar-refractivity contribution in [2.45, 2.75) is 6.92 Å². The van der Waals surface area contributed by atoms with E-state index >= 15 is 0 Å². The highest BCUT2D eigenvalue weighted by Gasteiger charge is 1.94. The molecule has 0 spiro atoms. The van der Waals surface area contributed by atoms with Crippen molar-refractivity contribution >= 4 is 6.16 Å². The lowest BCUT2D eigenvalue weighted by Crippen LogP contribution is -2.11. The molecule has 0 aromatic carbocycles. The normalized spacial score (nSPS) is 7.71. The van der Waals surface area contributed by atoms with E-state index in [2.05, 4.69) is 15.5 Å². The zero-order valence-corrected chi connectivity index (χ0v) is 4.01. The van der Waals surface area contributed by atoms with Gasteiger partial charge in [-0.1, -0.05) is 0 Å². The minimum Gasteiger partial charge on any atom is -0.433 e. The van der Waals surface area contributed by atoms with Crippen LogP contribution in [0.4, 0.5) is 4.79 Å². The molecular formula is C3H7NO3. The van der Waals surface area contributed by atoms with E-state index in [1.165, 1.54) is 0 Å². The van der Waals surface area contributed by atoms with Crippen molar-refractivity contribution in [2.24, 2.45) is 5.90 Å². The Morgan fingerprint density at radius 3 is 2.57 bits per heavy atom. The van der Waals surface area contributed by atoms with E-state index in [-0.39, 0.29) is 6.61 Å².